The summed E-state index contributed by atoms with van der Waals surface area (Å²) in [5.74, 6) is -0.337. The van der Waals surface area contributed by atoms with E-state index in [0.717, 1.165) is 96.3 Å². The van der Waals surface area contributed by atoms with E-state index in [1.54, 1.807) is 0 Å². The fourth-order valence-electron chi connectivity index (χ4n) is 5.81. The predicted molar refractivity (Wildman–Crippen MR) is 199 cm³/mol. The maximum absolute atomic E-state index is 12.9. The average molecular weight is 681 g/mol. The molecule has 0 heterocycles. The van der Waals surface area contributed by atoms with Gasteiger partial charge in [-0.25, -0.2) is 0 Å². The summed E-state index contributed by atoms with van der Waals surface area (Å²) in [7, 11) is 0. The van der Waals surface area contributed by atoms with Gasteiger partial charge in [-0.3, -0.25) is 19.2 Å². The minimum Gasteiger partial charge on any atom is -0.354 e. The van der Waals surface area contributed by atoms with Crippen molar-refractivity contribution in [3.63, 3.8) is 0 Å². The third kappa shape index (κ3) is 28.8. The van der Waals surface area contributed by atoms with Gasteiger partial charge < -0.3 is 32.7 Å². The van der Waals surface area contributed by atoms with Crippen molar-refractivity contribution in [1.82, 2.24) is 21.3 Å². The minimum atomic E-state index is -0.511. The highest BCUT2D eigenvalue weighted by molar-refractivity contribution is 5.88. The van der Waals surface area contributed by atoms with Crippen LogP contribution in [-0.2, 0) is 19.2 Å². The van der Waals surface area contributed by atoms with Crippen molar-refractivity contribution in [2.75, 3.05) is 26.2 Å². The van der Waals surface area contributed by atoms with Gasteiger partial charge in [-0.05, 0) is 77.3 Å². The van der Waals surface area contributed by atoms with Crippen molar-refractivity contribution in [3.8, 4) is 0 Å². The lowest BCUT2D eigenvalue weighted by Gasteiger charge is -2.19. The second-order valence-corrected chi connectivity index (χ2v) is 13.5. The molecule has 0 saturated carbocycles. The third-order valence-corrected chi connectivity index (χ3v) is 8.91. The van der Waals surface area contributed by atoms with E-state index in [-0.39, 0.29) is 23.6 Å². The predicted octanol–water partition coefficient (Wildman–Crippen LogP) is 6.29. The van der Waals surface area contributed by atoms with Gasteiger partial charge in [0.2, 0.25) is 23.6 Å². The molecule has 2 atom stereocenters. The second-order valence-electron chi connectivity index (χ2n) is 13.5. The number of amides is 4. The molecule has 0 rings (SSSR count). The molecule has 0 spiro atoms. The van der Waals surface area contributed by atoms with Gasteiger partial charge in [0.15, 0.2) is 0 Å². The van der Waals surface area contributed by atoms with Gasteiger partial charge in [-0.15, -0.1) is 0 Å². The molecule has 0 aliphatic rings. The Kier molecular flexibility index (Phi) is 33.1. The zero-order valence-electron chi connectivity index (χ0n) is 31.2. The van der Waals surface area contributed by atoms with E-state index in [1.165, 1.54) is 44.9 Å². The molecular formula is C38H76N6O4. The lowest BCUT2D eigenvalue weighted by molar-refractivity contribution is -0.129. The Hall–Kier alpha value is -2.20. The number of hydrogen-bond acceptors (Lipinski definition) is 6. The van der Waals surface area contributed by atoms with Crippen molar-refractivity contribution >= 4 is 23.6 Å². The number of nitrogens with one attached hydrogen (secondary N) is 4. The van der Waals surface area contributed by atoms with Crippen LogP contribution in [0.2, 0.25) is 0 Å². The first-order chi connectivity index (χ1) is 23.4. The van der Waals surface area contributed by atoms with E-state index in [0.29, 0.717) is 51.9 Å². The maximum atomic E-state index is 12.9. The number of rotatable bonds is 35. The molecule has 0 aliphatic heterocycles. The molecule has 0 aromatic heterocycles. The monoisotopic (exact) mass is 681 g/mol. The van der Waals surface area contributed by atoms with Gasteiger partial charge in [0.05, 0.1) is 0 Å². The maximum Gasteiger partial charge on any atom is 0.242 e. The van der Waals surface area contributed by atoms with Crippen molar-refractivity contribution in [3.05, 3.63) is 0 Å². The fraction of sp³-hybridized carbons (Fsp3) is 0.895. The van der Waals surface area contributed by atoms with E-state index in [2.05, 4.69) is 35.1 Å². The molecule has 10 heteroatoms. The molecule has 10 nitrogen and oxygen atoms in total. The van der Waals surface area contributed by atoms with Gasteiger partial charge in [-0.1, -0.05) is 104 Å². The Morgan fingerprint density at radius 2 is 0.771 bits per heavy atom. The van der Waals surface area contributed by atoms with Crippen molar-refractivity contribution < 1.29 is 19.2 Å². The quantitative estimate of drug-likeness (QED) is 0.0430. The van der Waals surface area contributed by atoms with Crippen LogP contribution in [0.25, 0.3) is 0 Å². The van der Waals surface area contributed by atoms with Gasteiger partial charge in [0.25, 0.3) is 0 Å². The highest BCUT2D eigenvalue weighted by Crippen LogP contribution is 2.11. The van der Waals surface area contributed by atoms with E-state index in [1.807, 2.05) is 0 Å². The first kappa shape index (κ1) is 45.8. The fourth-order valence-corrected chi connectivity index (χ4v) is 5.81. The molecule has 282 valence electrons. The lowest BCUT2D eigenvalue weighted by Crippen LogP contribution is -2.47. The first-order valence-corrected chi connectivity index (χ1v) is 19.9. The summed E-state index contributed by atoms with van der Waals surface area (Å²) in [5.41, 5.74) is 11.3. The highest BCUT2D eigenvalue weighted by atomic mass is 16.2. The van der Waals surface area contributed by atoms with Crippen LogP contribution in [0.5, 0.6) is 0 Å². The molecular weight excluding hydrogens is 604 g/mol. The SMILES string of the molecule is CCCCCCCCCCCC(=O)NC(CCCCN)C(=O)NCCCCCCCC(=O)NC(CCCCN)C(=O)NCCCCCC. The number of unbranched alkanes of at least 4 members (excludes halogenated alkanes) is 17. The highest BCUT2D eigenvalue weighted by Gasteiger charge is 2.21. The normalized spacial score (nSPS) is 12.3. The van der Waals surface area contributed by atoms with E-state index in [4.69, 9.17) is 11.5 Å². The number of carbonyl (C=O) groups is 4. The molecule has 0 radical (unpaired) electrons. The second kappa shape index (κ2) is 34.7. The molecule has 0 saturated heterocycles. The average Bonchev–Trinajstić information content (AvgIpc) is 3.07. The van der Waals surface area contributed by atoms with Crippen LogP contribution in [-0.4, -0.2) is 61.9 Å². The number of hydrogen-bond donors (Lipinski definition) is 6. The van der Waals surface area contributed by atoms with E-state index in [9.17, 15) is 19.2 Å². The molecule has 0 fully saturated rings. The van der Waals surface area contributed by atoms with Crippen LogP contribution in [0, 0.1) is 0 Å². The molecule has 4 amide bonds. The lowest BCUT2D eigenvalue weighted by atomic mass is 10.1. The smallest absolute Gasteiger partial charge is 0.242 e. The van der Waals surface area contributed by atoms with Gasteiger partial charge in [0, 0.05) is 25.9 Å². The first-order valence-electron chi connectivity index (χ1n) is 19.9. The Morgan fingerprint density at radius 1 is 0.438 bits per heavy atom. The summed E-state index contributed by atoms with van der Waals surface area (Å²) in [5, 5.41) is 11.9. The largest absolute Gasteiger partial charge is 0.354 e. The van der Waals surface area contributed by atoms with E-state index >= 15 is 0 Å². The third-order valence-electron chi connectivity index (χ3n) is 8.91. The van der Waals surface area contributed by atoms with Crippen LogP contribution in [0.1, 0.15) is 181 Å². The van der Waals surface area contributed by atoms with E-state index < -0.39 is 12.1 Å². The van der Waals surface area contributed by atoms with Gasteiger partial charge in [0.1, 0.15) is 12.1 Å². The molecule has 0 aromatic carbocycles. The topological polar surface area (TPSA) is 168 Å². The van der Waals surface area contributed by atoms with Crippen LogP contribution < -0.4 is 32.7 Å². The molecule has 0 bridgehead atoms. The van der Waals surface area contributed by atoms with Crippen molar-refractivity contribution in [2.45, 2.75) is 193 Å². The van der Waals surface area contributed by atoms with Gasteiger partial charge >= 0.3 is 0 Å². The Bertz CT molecular complexity index is 797. The standard InChI is InChI=1S/C38H76N6O4/c1-3-5-7-9-10-11-12-14-17-27-35(45)44-34(26-20-22-30-40)38(48)42-32-24-16-13-15-18-28-36(46)43-33(25-19-21-29-39)37(47)41-31-23-8-6-4-2/h33-34H,3-32,39-40H2,1-2H3,(H,41,47)(H,42,48)(H,43,46)(H,44,45). The van der Waals surface area contributed by atoms with Crippen LogP contribution in [0.4, 0.5) is 0 Å². The zero-order chi connectivity index (χ0) is 35.5. The Balaban J connectivity index is 4.27. The summed E-state index contributed by atoms with van der Waals surface area (Å²) in [6.07, 6.45) is 25.0. The summed E-state index contributed by atoms with van der Waals surface area (Å²) in [6, 6.07) is -1.01. The number of nitrogens with two attached hydrogens (primary N) is 2. The van der Waals surface area contributed by atoms with Crippen LogP contribution >= 0.6 is 0 Å². The molecule has 0 aliphatic carbocycles. The van der Waals surface area contributed by atoms with Crippen molar-refractivity contribution in [1.29, 1.82) is 0 Å². The van der Waals surface area contributed by atoms with Crippen LogP contribution in [0.15, 0.2) is 0 Å². The molecule has 0 aromatic rings. The molecule has 8 N–H and O–H groups in total. The summed E-state index contributed by atoms with van der Waals surface area (Å²) in [4.78, 5) is 50.7. The summed E-state index contributed by atoms with van der Waals surface area (Å²) in [6.45, 7) is 6.76. The zero-order valence-corrected chi connectivity index (χ0v) is 31.2. The Labute approximate surface area is 294 Å². The van der Waals surface area contributed by atoms with Gasteiger partial charge in [-0.2, -0.15) is 0 Å². The Morgan fingerprint density at radius 3 is 1.15 bits per heavy atom. The van der Waals surface area contributed by atoms with Crippen molar-refractivity contribution in [2.24, 2.45) is 11.5 Å². The summed E-state index contributed by atoms with van der Waals surface area (Å²) >= 11 is 0. The summed E-state index contributed by atoms with van der Waals surface area (Å²) < 4.78 is 0. The molecule has 2 unspecified atom stereocenters. The number of carbonyl (C=O) groups excluding carboxylic acids is 4. The van der Waals surface area contributed by atoms with Crippen LogP contribution in [0.3, 0.4) is 0 Å². The molecule has 48 heavy (non-hydrogen) atoms. The minimum absolute atomic E-state index is 0.0419.